The van der Waals surface area contributed by atoms with Gasteiger partial charge in [-0.05, 0) is 80.2 Å². The molecule has 4 N–H and O–H groups in total. The first-order valence-electron chi connectivity index (χ1n) is 13.4. The van der Waals surface area contributed by atoms with Crippen LogP contribution in [-0.2, 0) is 26.2 Å². The molecule has 5 rings (SSSR count). The minimum atomic E-state index is -1.20. The Kier molecular flexibility index (Phi) is 6.40. The number of fused-ring (bicyclic) bond motifs is 1. The Morgan fingerprint density at radius 3 is 2.67 bits per heavy atom. The van der Waals surface area contributed by atoms with Crippen molar-refractivity contribution >= 4 is 17.7 Å². The van der Waals surface area contributed by atoms with E-state index in [0.717, 1.165) is 24.2 Å². The summed E-state index contributed by atoms with van der Waals surface area (Å²) in [6.07, 6.45) is 4.17. The predicted octanol–water partition coefficient (Wildman–Crippen LogP) is 2.39. The van der Waals surface area contributed by atoms with Crippen molar-refractivity contribution in [2.24, 2.45) is 17.8 Å². The second-order valence-corrected chi connectivity index (χ2v) is 12.1. The summed E-state index contributed by atoms with van der Waals surface area (Å²) in [6, 6.07) is 4.16. The summed E-state index contributed by atoms with van der Waals surface area (Å²) >= 11 is 0. The minimum absolute atomic E-state index is 0.0730. The number of nitrogens with zero attached hydrogens (tertiary/aromatic N) is 1. The van der Waals surface area contributed by atoms with Crippen molar-refractivity contribution in [3.05, 3.63) is 29.3 Å². The van der Waals surface area contributed by atoms with Crippen molar-refractivity contribution in [2.45, 2.75) is 88.3 Å². The van der Waals surface area contributed by atoms with E-state index in [4.69, 9.17) is 0 Å². The van der Waals surface area contributed by atoms with Crippen molar-refractivity contribution < 1.29 is 29.7 Å². The van der Waals surface area contributed by atoms with E-state index >= 15 is 0 Å². The molecular weight excluding hydrogens is 460 g/mol. The number of carbonyl (C=O) groups excluding carboxylic acids is 2. The minimum Gasteiger partial charge on any atom is -0.508 e. The van der Waals surface area contributed by atoms with Crippen LogP contribution in [0.5, 0.6) is 5.75 Å². The highest BCUT2D eigenvalue weighted by atomic mass is 16.4. The van der Waals surface area contributed by atoms with Gasteiger partial charge in [-0.3, -0.25) is 14.5 Å². The zero-order valence-corrected chi connectivity index (χ0v) is 21.2. The molecule has 0 radical (unpaired) electrons. The average molecular weight is 499 g/mol. The topological polar surface area (TPSA) is 127 Å². The molecule has 1 aliphatic heterocycles. The van der Waals surface area contributed by atoms with Crippen molar-refractivity contribution in [3.8, 4) is 5.75 Å². The van der Waals surface area contributed by atoms with Crippen molar-refractivity contribution in [2.75, 3.05) is 13.1 Å². The highest BCUT2D eigenvalue weighted by Gasteiger charge is 2.66. The number of nitrogens with one attached hydrogen (secondary N) is 1. The molecule has 1 aromatic carbocycles. The average Bonchev–Trinajstić information content (AvgIpc) is 3.60. The molecule has 2 saturated carbocycles. The third kappa shape index (κ3) is 4.32. The highest BCUT2D eigenvalue weighted by molar-refractivity contribution is 5.91. The van der Waals surface area contributed by atoms with Gasteiger partial charge in [0.15, 0.2) is 0 Å². The van der Waals surface area contributed by atoms with Crippen LogP contribution in [0.3, 0.4) is 0 Å². The van der Waals surface area contributed by atoms with Crippen LogP contribution in [0.15, 0.2) is 18.2 Å². The lowest BCUT2D eigenvalue weighted by atomic mass is 9.47. The lowest BCUT2D eigenvalue weighted by Crippen LogP contribution is -2.74. The van der Waals surface area contributed by atoms with Gasteiger partial charge in [0.1, 0.15) is 17.6 Å². The van der Waals surface area contributed by atoms with E-state index < -0.39 is 34.9 Å². The van der Waals surface area contributed by atoms with Gasteiger partial charge >= 0.3 is 5.97 Å². The molecule has 1 saturated heterocycles. The van der Waals surface area contributed by atoms with Gasteiger partial charge < -0.3 is 20.6 Å². The van der Waals surface area contributed by atoms with E-state index in [2.05, 4.69) is 10.2 Å². The fraction of sp³-hybridized carbons (Fsp3) is 0.679. The summed E-state index contributed by atoms with van der Waals surface area (Å²) in [5.41, 5.74) is -0.0457. The number of benzene rings is 1. The van der Waals surface area contributed by atoms with E-state index in [9.17, 15) is 29.7 Å². The number of aromatic hydroxyl groups is 1. The van der Waals surface area contributed by atoms with Crippen LogP contribution in [0.25, 0.3) is 0 Å². The lowest BCUT2D eigenvalue weighted by molar-refractivity contribution is -0.182. The fourth-order valence-electron chi connectivity index (χ4n) is 7.20. The number of Topliss-reactive ketones (excluding diaryl/α,β-unsaturated/α-hetero) is 1. The summed E-state index contributed by atoms with van der Waals surface area (Å²) in [4.78, 5) is 40.4. The monoisotopic (exact) mass is 498 g/mol. The molecule has 0 spiro atoms. The van der Waals surface area contributed by atoms with E-state index in [1.807, 2.05) is 19.9 Å². The third-order valence-electron chi connectivity index (χ3n) is 9.12. The van der Waals surface area contributed by atoms with Gasteiger partial charge in [0, 0.05) is 36.8 Å². The van der Waals surface area contributed by atoms with Gasteiger partial charge in [0.05, 0.1) is 5.60 Å². The van der Waals surface area contributed by atoms with Crippen LogP contribution in [0, 0.1) is 17.8 Å². The zero-order chi connectivity index (χ0) is 25.8. The van der Waals surface area contributed by atoms with Gasteiger partial charge in [-0.15, -0.1) is 0 Å². The fourth-order valence-corrected chi connectivity index (χ4v) is 7.20. The molecule has 0 aromatic heterocycles. The first kappa shape index (κ1) is 25.2. The maximum absolute atomic E-state index is 13.5. The Labute approximate surface area is 212 Å². The Hall–Kier alpha value is -2.45. The SMILES string of the molecule is CC(C)CC(NC(=O)CC1CC2(O)C3Cc4ccc(O)cc4C2(CCN3CC2CC2)CC1=O)C(=O)O. The molecule has 196 valence electrons. The number of amides is 1. The number of rotatable bonds is 8. The van der Waals surface area contributed by atoms with Crippen LogP contribution >= 0.6 is 0 Å². The number of hydrogen-bond donors (Lipinski definition) is 4. The molecule has 5 atom stereocenters. The number of piperidine rings is 1. The first-order chi connectivity index (χ1) is 17.0. The van der Waals surface area contributed by atoms with Crippen LogP contribution in [0.1, 0.15) is 69.9 Å². The predicted molar refractivity (Wildman–Crippen MR) is 133 cm³/mol. The maximum atomic E-state index is 13.5. The van der Waals surface area contributed by atoms with Crippen LogP contribution in [0.4, 0.5) is 0 Å². The molecule has 3 aliphatic carbocycles. The first-order valence-corrected chi connectivity index (χ1v) is 13.4. The quantitative estimate of drug-likeness (QED) is 0.433. The van der Waals surface area contributed by atoms with E-state index in [0.29, 0.717) is 25.2 Å². The third-order valence-corrected chi connectivity index (χ3v) is 9.12. The molecule has 2 bridgehead atoms. The molecule has 5 unspecified atom stereocenters. The van der Waals surface area contributed by atoms with Crippen LogP contribution in [-0.4, -0.2) is 68.7 Å². The number of carboxylic acid groups (broad SMARTS) is 1. The number of aliphatic carboxylic acids is 1. The summed E-state index contributed by atoms with van der Waals surface area (Å²) in [5.74, 6) is -1.41. The Bertz CT molecular complexity index is 1070. The van der Waals surface area contributed by atoms with Gasteiger partial charge in [0.25, 0.3) is 0 Å². The Morgan fingerprint density at radius 1 is 1.25 bits per heavy atom. The summed E-state index contributed by atoms with van der Waals surface area (Å²) in [6.45, 7) is 5.52. The number of carboxylic acids is 1. The van der Waals surface area contributed by atoms with Gasteiger partial charge in [0.2, 0.25) is 5.91 Å². The molecule has 4 aliphatic rings. The van der Waals surface area contributed by atoms with E-state index in [1.165, 1.54) is 12.8 Å². The molecule has 8 heteroatoms. The maximum Gasteiger partial charge on any atom is 0.326 e. The molecule has 36 heavy (non-hydrogen) atoms. The highest BCUT2D eigenvalue weighted by Crippen LogP contribution is 2.59. The molecular formula is C28H38N2O6. The van der Waals surface area contributed by atoms with Gasteiger partial charge in [-0.25, -0.2) is 4.79 Å². The van der Waals surface area contributed by atoms with Crippen LogP contribution < -0.4 is 5.32 Å². The second-order valence-electron chi connectivity index (χ2n) is 12.1. The largest absolute Gasteiger partial charge is 0.508 e. The molecule has 8 nitrogen and oxygen atoms in total. The van der Waals surface area contributed by atoms with Crippen molar-refractivity contribution in [3.63, 3.8) is 0 Å². The smallest absolute Gasteiger partial charge is 0.326 e. The number of likely N-dealkylation sites (tertiary alicyclic amines) is 1. The number of aliphatic hydroxyl groups is 1. The molecule has 3 fully saturated rings. The standard InChI is InChI=1S/C28H38N2O6/c1-16(2)9-22(26(34)35)29-25(33)11-19-13-28(36)24-10-18-5-6-20(31)12-21(18)27(28,14-23(19)32)7-8-30(24)15-17-3-4-17/h5-6,12,16-17,19,22,24,31,36H,3-4,7-11,13-15H2,1-2H3,(H,29,33)(H,34,35). The Balaban J connectivity index is 1.43. The molecule has 1 heterocycles. The summed E-state index contributed by atoms with van der Waals surface area (Å²) in [7, 11) is 0. The molecule has 1 aromatic rings. The number of carbonyl (C=O) groups is 3. The molecule has 1 amide bonds. The number of phenols is 1. The van der Waals surface area contributed by atoms with Crippen molar-refractivity contribution in [1.29, 1.82) is 0 Å². The number of ketones is 1. The number of phenolic OH excluding ortho intramolecular Hbond substituents is 1. The second kappa shape index (κ2) is 9.14. The zero-order valence-electron chi connectivity index (χ0n) is 21.2. The van der Waals surface area contributed by atoms with Crippen molar-refractivity contribution in [1.82, 2.24) is 10.2 Å². The van der Waals surface area contributed by atoms with Gasteiger partial charge in [-0.1, -0.05) is 19.9 Å². The van der Waals surface area contributed by atoms with Gasteiger partial charge in [-0.2, -0.15) is 0 Å². The van der Waals surface area contributed by atoms with E-state index in [1.54, 1.807) is 12.1 Å². The summed E-state index contributed by atoms with van der Waals surface area (Å²) < 4.78 is 0. The Morgan fingerprint density at radius 2 is 2.00 bits per heavy atom. The number of hydrogen-bond acceptors (Lipinski definition) is 6. The normalized spacial score (nSPS) is 32.5. The van der Waals surface area contributed by atoms with E-state index in [-0.39, 0.29) is 42.8 Å². The summed E-state index contributed by atoms with van der Waals surface area (Å²) in [5, 5.41) is 34.9. The lowest BCUT2D eigenvalue weighted by Gasteiger charge is -2.64. The van der Waals surface area contributed by atoms with Crippen LogP contribution in [0.2, 0.25) is 0 Å².